The first-order valence-electron chi connectivity index (χ1n) is 6.01. The van der Waals surface area contributed by atoms with Crippen LogP contribution in [-0.2, 0) is 4.74 Å². The summed E-state index contributed by atoms with van der Waals surface area (Å²) >= 11 is 0. The van der Waals surface area contributed by atoms with Gasteiger partial charge in [0, 0.05) is 6.61 Å². The molecule has 0 radical (unpaired) electrons. The molecule has 3 unspecified atom stereocenters. The number of hydrogen-bond donors (Lipinski definition) is 0. The van der Waals surface area contributed by atoms with E-state index >= 15 is 0 Å². The Morgan fingerprint density at radius 1 is 1.15 bits per heavy atom. The Morgan fingerprint density at radius 2 is 2.08 bits per heavy atom. The molecular formula is C12H22O. The van der Waals surface area contributed by atoms with Gasteiger partial charge in [-0.15, -0.1) is 0 Å². The van der Waals surface area contributed by atoms with Crippen LogP contribution in [0.1, 0.15) is 51.9 Å². The van der Waals surface area contributed by atoms with Gasteiger partial charge in [-0.1, -0.05) is 19.8 Å². The van der Waals surface area contributed by atoms with Crippen molar-refractivity contribution in [2.75, 3.05) is 6.61 Å². The van der Waals surface area contributed by atoms with E-state index in [0.717, 1.165) is 18.4 Å². The maximum absolute atomic E-state index is 5.94. The van der Waals surface area contributed by atoms with Gasteiger partial charge in [0.25, 0.3) is 0 Å². The molecule has 0 heterocycles. The number of unbranched alkanes of at least 4 members (excludes halogenated alkanes) is 2. The lowest BCUT2D eigenvalue weighted by atomic mass is 9.98. The fourth-order valence-electron chi connectivity index (χ4n) is 2.98. The van der Waals surface area contributed by atoms with Gasteiger partial charge >= 0.3 is 0 Å². The van der Waals surface area contributed by atoms with Crippen molar-refractivity contribution in [1.82, 2.24) is 0 Å². The van der Waals surface area contributed by atoms with Crippen LogP contribution in [0.2, 0.25) is 0 Å². The Bertz CT molecular complexity index is 155. The average Bonchev–Trinajstić information content (AvgIpc) is 2.73. The first kappa shape index (κ1) is 9.51. The van der Waals surface area contributed by atoms with Gasteiger partial charge in [-0.25, -0.2) is 0 Å². The molecule has 0 aliphatic heterocycles. The van der Waals surface area contributed by atoms with Crippen molar-refractivity contribution in [2.24, 2.45) is 11.8 Å². The summed E-state index contributed by atoms with van der Waals surface area (Å²) in [5.74, 6) is 1.97. The normalized spacial score (nSPS) is 37.2. The van der Waals surface area contributed by atoms with Gasteiger partial charge in [-0.05, 0) is 43.9 Å². The molecule has 0 saturated heterocycles. The van der Waals surface area contributed by atoms with E-state index in [1.54, 1.807) is 0 Å². The second kappa shape index (κ2) is 4.45. The monoisotopic (exact) mass is 182 g/mol. The Balaban J connectivity index is 1.60. The summed E-state index contributed by atoms with van der Waals surface area (Å²) in [4.78, 5) is 0. The summed E-state index contributed by atoms with van der Waals surface area (Å²) in [7, 11) is 0. The number of rotatable bonds is 5. The summed E-state index contributed by atoms with van der Waals surface area (Å²) in [6.45, 7) is 3.26. The zero-order valence-corrected chi connectivity index (χ0v) is 8.80. The predicted molar refractivity (Wildman–Crippen MR) is 54.7 cm³/mol. The van der Waals surface area contributed by atoms with Crippen LogP contribution in [0.3, 0.4) is 0 Å². The van der Waals surface area contributed by atoms with Crippen molar-refractivity contribution >= 4 is 0 Å². The van der Waals surface area contributed by atoms with Crippen molar-refractivity contribution in [3.05, 3.63) is 0 Å². The van der Waals surface area contributed by atoms with Crippen LogP contribution in [-0.4, -0.2) is 12.7 Å². The van der Waals surface area contributed by atoms with E-state index < -0.39 is 0 Å². The van der Waals surface area contributed by atoms with Crippen molar-refractivity contribution in [3.63, 3.8) is 0 Å². The Hall–Kier alpha value is -0.0400. The van der Waals surface area contributed by atoms with Gasteiger partial charge in [0.15, 0.2) is 0 Å². The standard InChI is InChI=1S/C12H22O/c1-2-3-4-7-13-12-9-10-5-6-11(12)8-10/h10-12H,2-9H2,1H3. The van der Waals surface area contributed by atoms with Crippen LogP contribution < -0.4 is 0 Å². The maximum atomic E-state index is 5.94. The lowest BCUT2D eigenvalue weighted by Crippen LogP contribution is -2.20. The third kappa shape index (κ3) is 2.25. The molecule has 0 aromatic carbocycles. The molecule has 2 fully saturated rings. The molecule has 0 N–H and O–H groups in total. The fraction of sp³-hybridized carbons (Fsp3) is 1.00. The molecule has 2 aliphatic rings. The SMILES string of the molecule is CCCCCOC1CC2CCC1C2. The molecule has 76 valence electrons. The molecule has 2 bridgehead atoms. The van der Waals surface area contributed by atoms with E-state index in [9.17, 15) is 0 Å². The first-order chi connectivity index (χ1) is 6.40. The quantitative estimate of drug-likeness (QED) is 0.592. The molecule has 3 atom stereocenters. The summed E-state index contributed by atoms with van der Waals surface area (Å²) in [5.41, 5.74) is 0. The largest absolute Gasteiger partial charge is 0.378 e. The molecular weight excluding hydrogens is 160 g/mol. The van der Waals surface area contributed by atoms with E-state index in [4.69, 9.17) is 4.74 Å². The van der Waals surface area contributed by atoms with E-state index in [0.29, 0.717) is 6.10 Å². The smallest absolute Gasteiger partial charge is 0.0606 e. The van der Waals surface area contributed by atoms with Gasteiger partial charge < -0.3 is 4.74 Å². The molecule has 1 heteroatoms. The van der Waals surface area contributed by atoms with Crippen LogP contribution >= 0.6 is 0 Å². The molecule has 0 aromatic heterocycles. The van der Waals surface area contributed by atoms with Crippen molar-refractivity contribution in [2.45, 2.75) is 58.0 Å². The first-order valence-corrected chi connectivity index (χ1v) is 6.01. The van der Waals surface area contributed by atoms with Crippen LogP contribution in [0.4, 0.5) is 0 Å². The lowest BCUT2D eigenvalue weighted by Gasteiger charge is -2.21. The molecule has 2 saturated carbocycles. The predicted octanol–water partition coefficient (Wildman–Crippen LogP) is 3.38. The lowest BCUT2D eigenvalue weighted by molar-refractivity contribution is 0.0147. The zero-order chi connectivity index (χ0) is 9.10. The molecule has 1 nitrogen and oxygen atoms in total. The highest BCUT2D eigenvalue weighted by Crippen LogP contribution is 2.45. The summed E-state index contributed by atoms with van der Waals surface area (Å²) in [6.07, 6.45) is 10.3. The minimum absolute atomic E-state index is 0.649. The van der Waals surface area contributed by atoms with Gasteiger partial charge in [0.1, 0.15) is 0 Å². The Kier molecular flexibility index (Phi) is 3.26. The van der Waals surface area contributed by atoms with Crippen molar-refractivity contribution < 1.29 is 4.74 Å². The van der Waals surface area contributed by atoms with E-state index in [1.165, 1.54) is 44.9 Å². The Morgan fingerprint density at radius 3 is 2.69 bits per heavy atom. The molecule has 0 amide bonds. The summed E-state index contributed by atoms with van der Waals surface area (Å²) in [5, 5.41) is 0. The van der Waals surface area contributed by atoms with Gasteiger partial charge in [0.05, 0.1) is 6.10 Å². The average molecular weight is 182 g/mol. The topological polar surface area (TPSA) is 9.23 Å². The number of ether oxygens (including phenoxy) is 1. The fourth-order valence-corrected chi connectivity index (χ4v) is 2.98. The van der Waals surface area contributed by atoms with Crippen LogP contribution in [0.25, 0.3) is 0 Å². The van der Waals surface area contributed by atoms with Crippen molar-refractivity contribution in [1.29, 1.82) is 0 Å². The van der Waals surface area contributed by atoms with Crippen molar-refractivity contribution in [3.8, 4) is 0 Å². The van der Waals surface area contributed by atoms with Crippen LogP contribution in [0.5, 0.6) is 0 Å². The molecule has 2 aliphatic carbocycles. The van der Waals surface area contributed by atoms with Crippen LogP contribution in [0.15, 0.2) is 0 Å². The van der Waals surface area contributed by atoms with Gasteiger partial charge in [0.2, 0.25) is 0 Å². The minimum Gasteiger partial charge on any atom is -0.378 e. The third-order valence-electron chi connectivity index (χ3n) is 3.75. The molecule has 13 heavy (non-hydrogen) atoms. The zero-order valence-electron chi connectivity index (χ0n) is 8.80. The second-order valence-electron chi connectivity index (χ2n) is 4.79. The van der Waals surface area contributed by atoms with Gasteiger partial charge in [-0.3, -0.25) is 0 Å². The minimum atomic E-state index is 0.649. The number of hydrogen-bond acceptors (Lipinski definition) is 1. The molecule has 2 rings (SSSR count). The van der Waals surface area contributed by atoms with E-state index in [-0.39, 0.29) is 0 Å². The number of fused-ring (bicyclic) bond motifs is 2. The highest BCUT2D eigenvalue weighted by atomic mass is 16.5. The highest BCUT2D eigenvalue weighted by Gasteiger charge is 2.39. The molecule has 0 spiro atoms. The van der Waals surface area contributed by atoms with Crippen LogP contribution in [0, 0.1) is 11.8 Å². The summed E-state index contributed by atoms with van der Waals surface area (Å²) in [6, 6.07) is 0. The second-order valence-corrected chi connectivity index (χ2v) is 4.79. The maximum Gasteiger partial charge on any atom is 0.0606 e. The third-order valence-corrected chi connectivity index (χ3v) is 3.75. The highest BCUT2D eigenvalue weighted by molar-refractivity contribution is 4.90. The summed E-state index contributed by atoms with van der Waals surface area (Å²) < 4.78 is 5.94. The Labute approximate surface area is 81.9 Å². The van der Waals surface area contributed by atoms with Gasteiger partial charge in [-0.2, -0.15) is 0 Å². The van der Waals surface area contributed by atoms with E-state index in [2.05, 4.69) is 6.92 Å². The molecule has 0 aromatic rings. The van der Waals surface area contributed by atoms with E-state index in [1.807, 2.05) is 0 Å².